The molecular formula is C18H23NO2S. The van der Waals surface area contributed by atoms with Gasteiger partial charge in [0.1, 0.15) is 0 Å². The van der Waals surface area contributed by atoms with Crippen LogP contribution in [0, 0.1) is 0 Å². The molecule has 0 aromatic heterocycles. The molecule has 0 amide bonds. The van der Waals surface area contributed by atoms with E-state index in [-0.39, 0.29) is 5.41 Å². The zero-order chi connectivity index (χ0) is 16.4. The summed E-state index contributed by atoms with van der Waals surface area (Å²) in [5.74, 6) is 0. The van der Waals surface area contributed by atoms with E-state index >= 15 is 0 Å². The van der Waals surface area contributed by atoms with Gasteiger partial charge in [0.2, 0.25) is 10.0 Å². The number of benzene rings is 2. The van der Waals surface area contributed by atoms with Crippen molar-refractivity contribution in [3.05, 3.63) is 59.7 Å². The summed E-state index contributed by atoms with van der Waals surface area (Å²) in [6.45, 7) is 6.89. The Morgan fingerprint density at radius 1 is 0.955 bits per heavy atom. The number of rotatable bonds is 4. The third-order valence-corrected chi connectivity index (χ3v) is 4.20. The molecule has 0 fully saturated rings. The molecule has 0 bridgehead atoms. The molecule has 0 heterocycles. The van der Waals surface area contributed by atoms with Crippen molar-refractivity contribution in [3.63, 3.8) is 0 Å². The summed E-state index contributed by atoms with van der Waals surface area (Å²) in [4.78, 5) is 0. The maximum absolute atomic E-state index is 11.2. The molecule has 3 nitrogen and oxygen atoms in total. The second-order valence-corrected chi connectivity index (χ2v) is 8.46. The first kappa shape index (κ1) is 16.7. The van der Waals surface area contributed by atoms with Crippen molar-refractivity contribution in [2.75, 3.05) is 6.26 Å². The molecule has 4 heteroatoms. The summed E-state index contributed by atoms with van der Waals surface area (Å²) >= 11 is 0. The van der Waals surface area contributed by atoms with E-state index in [0.29, 0.717) is 6.54 Å². The molecule has 0 radical (unpaired) electrons. The van der Waals surface area contributed by atoms with Crippen LogP contribution in [0.15, 0.2) is 48.5 Å². The summed E-state index contributed by atoms with van der Waals surface area (Å²) < 4.78 is 24.9. The van der Waals surface area contributed by atoms with Crippen molar-refractivity contribution < 1.29 is 8.42 Å². The molecule has 118 valence electrons. The molecule has 0 atom stereocenters. The van der Waals surface area contributed by atoms with Crippen molar-refractivity contribution in [1.29, 1.82) is 0 Å². The van der Waals surface area contributed by atoms with Gasteiger partial charge in [-0.25, -0.2) is 13.1 Å². The van der Waals surface area contributed by atoms with Gasteiger partial charge in [-0.3, -0.25) is 0 Å². The quantitative estimate of drug-likeness (QED) is 0.934. The van der Waals surface area contributed by atoms with Crippen LogP contribution >= 0.6 is 0 Å². The molecule has 0 aliphatic heterocycles. The zero-order valence-corrected chi connectivity index (χ0v) is 14.4. The van der Waals surface area contributed by atoms with E-state index in [1.807, 2.05) is 24.3 Å². The van der Waals surface area contributed by atoms with Gasteiger partial charge in [0.25, 0.3) is 0 Å². The number of hydrogen-bond donors (Lipinski definition) is 1. The largest absolute Gasteiger partial charge is 0.213 e. The average molecular weight is 317 g/mol. The first-order valence-electron chi connectivity index (χ1n) is 7.30. The number of sulfonamides is 1. The highest BCUT2D eigenvalue weighted by Gasteiger charge is 2.14. The standard InChI is InChI=1S/C18H23NO2S/c1-18(2,3)17-10-6-9-16(12-17)15-8-5-7-14(11-15)13-19-22(4,20)21/h5-12,19H,13H2,1-4H3. The predicted octanol–water partition coefficient (Wildman–Crippen LogP) is 3.70. The van der Waals surface area contributed by atoms with Crippen LogP contribution in [-0.4, -0.2) is 14.7 Å². The van der Waals surface area contributed by atoms with Gasteiger partial charge in [-0.2, -0.15) is 0 Å². The average Bonchev–Trinajstić information content (AvgIpc) is 2.44. The molecule has 0 aliphatic carbocycles. The third-order valence-electron chi connectivity index (χ3n) is 3.53. The van der Waals surface area contributed by atoms with E-state index in [2.05, 4.69) is 49.8 Å². The minimum absolute atomic E-state index is 0.103. The molecule has 2 rings (SSSR count). The Labute approximate surface area is 133 Å². The molecular weight excluding hydrogens is 294 g/mol. The predicted molar refractivity (Wildman–Crippen MR) is 92.3 cm³/mol. The Morgan fingerprint density at radius 2 is 1.55 bits per heavy atom. The van der Waals surface area contributed by atoms with Crippen LogP contribution in [0.3, 0.4) is 0 Å². The summed E-state index contributed by atoms with van der Waals surface area (Å²) in [5.41, 5.74) is 4.58. The van der Waals surface area contributed by atoms with Crippen LogP contribution in [0.1, 0.15) is 31.9 Å². The normalized spacial score (nSPS) is 12.4. The summed E-state index contributed by atoms with van der Waals surface area (Å²) in [6, 6.07) is 16.4. The lowest BCUT2D eigenvalue weighted by Crippen LogP contribution is -2.21. The molecule has 0 aliphatic rings. The maximum atomic E-state index is 11.2. The highest BCUT2D eigenvalue weighted by molar-refractivity contribution is 7.88. The Kier molecular flexibility index (Phi) is 4.73. The van der Waals surface area contributed by atoms with Gasteiger partial charge in [-0.1, -0.05) is 63.2 Å². The van der Waals surface area contributed by atoms with Gasteiger partial charge in [-0.15, -0.1) is 0 Å². The second kappa shape index (κ2) is 6.23. The van der Waals surface area contributed by atoms with Gasteiger partial charge >= 0.3 is 0 Å². The maximum Gasteiger partial charge on any atom is 0.209 e. The highest BCUT2D eigenvalue weighted by atomic mass is 32.2. The molecule has 2 aromatic carbocycles. The number of hydrogen-bond acceptors (Lipinski definition) is 2. The SMILES string of the molecule is CC(C)(C)c1cccc(-c2cccc(CNS(C)(=O)=O)c2)c1. The highest BCUT2D eigenvalue weighted by Crippen LogP contribution is 2.28. The third kappa shape index (κ3) is 4.68. The molecule has 22 heavy (non-hydrogen) atoms. The molecule has 0 spiro atoms. The van der Waals surface area contributed by atoms with E-state index in [1.165, 1.54) is 11.8 Å². The van der Waals surface area contributed by atoms with Crippen LogP contribution in [-0.2, 0) is 22.0 Å². The topological polar surface area (TPSA) is 46.2 Å². The zero-order valence-electron chi connectivity index (χ0n) is 13.6. The lowest BCUT2D eigenvalue weighted by Gasteiger charge is -2.20. The van der Waals surface area contributed by atoms with E-state index in [9.17, 15) is 8.42 Å². The van der Waals surface area contributed by atoms with Gasteiger partial charge in [-0.05, 0) is 33.7 Å². The van der Waals surface area contributed by atoms with Crippen molar-refractivity contribution >= 4 is 10.0 Å². The molecule has 2 aromatic rings. The van der Waals surface area contributed by atoms with Gasteiger partial charge in [0.15, 0.2) is 0 Å². The monoisotopic (exact) mass is 317 g/mol. The van der Waals surface area contributed by atoms with Gasteiger partial charge in [0.05, 0.1) is 6.26 Å². The second-order valence-electron chi connectivity index (χ2n) is 6.62. The molecule has 0 unspecified atom stereocenters. The van der Waals surface area contributed by atoms with Crippen molar-refractivity contribution in [2.45, 2.75) is 32.7 Å². The van der Waals surface area contributed by atoms with Crippen molar-refractivity contribution in [2.24, 2.45) is 0 Å². The molecule has 1 N–H and O–H groups in total. The van der Waals surface area contributed by atoms with Crippen LogP contribution in [0.5, 0.6) is 0 Å². The van der Waals surface area contributed by atoms with E-state index in [1.54, 1.807) is 0 Å². The van der Waals surface area contributed by atoms with E-state index < -0.39 is 10.0 Å². The summed E-state index contributed by atoms with van der Waals surface area (Å²) in [6.07, 6.45) is 1.17. The first-order chi connectivity index (χ1) is 10.1. The summed E-state index contributed by atoms with van der Waals surface area (Å²) in [7, 11) is -3.18. The Morgan fingerprint density at radius 3 is 2.14 bits per heavy atom. The van der Waals surface area contributed by atoms with Crippen LogP contribution in [0.25, 0.3) is 11.1 Å². The Bertz CT molecular complexity index is 759. The summed E-state index contributed by atoms with van der Waals surface area (Å²) in [5, 5.41) is 0. The molecule has 0 saturated heterocycles. The lowest BCUT2D eigenvalue weighted by atomic mass is 9.85. The minimum atomic E-state index is -3.18. The Hall–Kier alpha value is -1.65. The van der Waals surface area contributed by atoms with Crippen molar-refractivity contribution in [1.82, 2.24) is 4.72 Å². The van der Waals surface area contributed by atoms with E-state index in [4.69, 9.17) is 0 Å². The first-order valence-corrected chi connectivity index (χ1v) is 9.19. The fraction of sp³-hybridized carbons (Fsp3) is 0.333. The fourth-order valence-corrected chi connectivity index (χ4v) is 2.67. The van der Waals surface area contributed by atoms with Crippen molar-refractivity contribution in [3.8, 4) is 11.1 Å². The van der Waals surface area contributed by atoms with Crippen LogP contribution in [0.4, 0.5) is 0 Å². The van der Waals surface area contributed by atoms with Crippen LogP contribution in [0.2, 0.25) is 0 Å². The van der Waals surface area contributed by atoms with E-state index in [0.717, 1.165) is 16.7 Å². The smallest absolute Gasteiger partial charge is 0.209 e. The lowest BCUT2D eigenvalue weighted by molar-refractivity contribution is 0.587. The fourth-order valence-electron chi connectivity index (χ4n) is 2.24. The van der Waals surface area contributed by atoms with Gasteiger partial charge in [0, 0.05) is 6.54 Å². The molecule has 0 saturated carbocycles. The van der Waals surface area contributed by atoms with Gasteiger partial charge < -0.3 is 0 Å². The minimum Gasteiger partial charge on any atom is -0.213 e. The van der Waals surface area contributed by atoms with Crippen LogP contribution < -0.4 is 4.72 Å². The number of nitrogens with one attached hydrogen (secondary N) is 1. The Balaban J connectivity index is 2.30.